The van der Waals surface area contributed by atoms with Gasteiger partial charge in [0.15, 0.2) is 0 Å². The highest BCUT2D eigenvalue weighted by Crippen LogP contribution is 2.36. The van der Waals surface area contributed by atoms with Gasteiger partial charge in [-0.15, -0.1) is 0 Å². The predicted octanol–water partition coefficient (Wildman–Crippen LogP) is 4.45. The van der Waals surface area contributed by atoms with Crippen LogP contribution in [0.3, 0.4) is 0 Å². The fourth-order valence-corrected chi connectivity index (χ4v) is 4.48. The number of likely N-dealkylation sites (tertiary alicyclic amines) is 1. The van der Waals surface area contributed by atoms with Gasteiger partial charge in [-0.25, -0.2) is 4.79 Å². The summed E-state index contributed by atoms with van der Waals surface area (Å²) in [5.41, 5.74) is 5.52. The number of hydrogen-bond donors (Lipinski definition) is 2. The van der Waals surface area contributed by atoms with Crippen molar-refractivity contribution in [1.29, 1.82) is 0 Å². The second-order valence-electron chi connectivity index (χ2n) is 7.86. The third-order valence-electron chi connectivity index (χ3n) is 6.05. The number of benzene rings is 2. The third kappa shape index (κ3) is 3.50. The van der Waals surface area contributed by atoms with E-state index in [9.17, 15) is 4.79 Å². The van der Waals surface area contributed by atoms with Crippen LogP contribution in [0.2, 0.25) is 0 Å². The Kier molecular flexibility index (Phi) is 4.75. The summed E-state index contributed by atoms with van der Waals surface area (Å²) in [6, 6.07) is 14.1. The zero-order chi connectivity index (χ0) is 19.0. The first kappa shape index (κ1) is 17.8. The van der Waals surface area contributed by atoms with E-state index in [2.05, 4.69) is 42.1 Å². The zero-order valence-corrected chi connectivity index (χ0v) is 15.9. The number of rotatable bonds is 4. The van der Waals surface area contributed by atoms with Crippen LogP contribution in [-0.2, 0) is 6.42 Å². The average Bonchev–Trinajstić information content (AvgIpc) is 3.16. The number of fused-ring (bicyclic) bond motifs is 1. The Hall–Kier alpha value is -2.59. The molecule has 4 heteroatoms. The van der Waals surface area contributed by atoms with E-state index in [0.29, 0.717) is 17.4 Å². The smallest absolute Gasteiger partial charge is 0.335 e. The fourth-order valence-electron chi connectivity index (χ4n) is 4.48. The number of likely N-dealkylation sites (N-methyl/N-ethyl adjacent to an activating group) is 1. The van der Waals surface area contributed by atoms with Gasteiger partial charge in [0.2, 0.25) is 0 Å². The van der Waals surface area contributed by atoms with Gasteiger partial charge in [0, 0.05) is 23.6 Å². The lowest BCUT2D eigenvalue weighted by Gasteiger charge is -2.37. The maximum absolute atomic E-state index is 11.2. The number of aryl methyl sites for hydroxylation is 1. The number of nitrogens with zero attached hydrogens (tertiary/aromatic N) is 1. The van der Waals surface area contributed by atoms with Gasteiger partial charge in [0.1, 0.15) is 0 Å². The average molecular weight is 362 g/mol. The number of H-pyrrole nitrogens is 1. The Morgan fingerprint density at radius 3 is 2.70 bits per heavy atom. The molecule has 4 nitrogen and oxygen atoms in total. The molecule has 2 atom stereocenters. The molecule has 3 aromatic rings. The van der Waals surface area contributed by atoms with Gasteiger partial charge in [-0.2, -0.15) is 0 Å². The molecule has 2 N–H and O–H groups in total. The maximum Gasteiger partial charge on any atom is 0.335 e. The van der Waals surface area contributed by atoms with E-state index in [1.807, 2.05) is 18.3 Å². The Labute approximate surface area is 159 Å². The second kappa shape index (κ2) is 7.20. The van der Waals surface area contributed by atoms with E-state index in [4.69, 9.17) is 5.11 Å². The summed E-state index contributed by atoms with van der Waals surface area (Å²) < 4.78 is 0. The number of aromatic nitrogens is 1. The van der Waals surface area contributed by atoms with Crippen LogP contribution in [0.5, 0.6) is 0 Å². The zero-order valence-electron chi connectivity index (χ0n) is 15.9. The molecule has 0 radical (unpaired) electrons. The number of carboxylic acid groups (broad SMARTS) is 1. The molecule has 140 valence electrons. The summed E-state index contributed by atoms with van der Waals surface area (Å²) in [5, 5.41) is 10.5. The maximum atomic E-state index is 11.2. The predicted molar refractivity (Wildman–Crippen MR) is 108 cm³/mol. The molecular weight excluding hydrogens is 336 g/mol. The molecule has 4 rings (SSSR count). The SMILES string of the molecule is Cc1ccc(C[C@@H]2CCN(C)C[C@H]2c2ccc(C(=O)O)cc2)c2cc[nH]c12. The number of hydrogen-bond acceptors (Lipinski definition) is 2. The minimum atomic E-state index is -0.867. The van der Waals surface area contributed by atoms with E-state index in [1.165, 1.54) is 27.6 Å². The van der Waals surface area contributed by atoms with Gasteiger partial charge in [-0.05, 0) is 80.1 Å². The Bertz CT molecular complexity index is 958. The fraction of sp³-hybridized carbons (Fsp3) is 0.348. The van der Waals surface area contributed by atoms with Crippen LogP contribution in [0.15, 0.2) is 48.7 Å². The Balaban J connectivity index is 1.64. The van der Waals surface area contributed by atoms with E-state index >= 15 is 0 Å². The normalized spacial score (nSPS) is 20.8. The number of nitrogens with one attached hydrogen (secondary N) is 1. The molecule has 1 fully saturated rings. The summed E-state index contributed by atoms with van der Waals surface area (Å²) >= 11 is 0. The molecule has 0 aliphatic carbocycles. The topological polar surface area (TPSA) is 56.3 Å². The lowest BCUT2D eigenvalue weighted by molar-refractivity contribution is 0.0697. The van der Waals surface area contributed by atoms with Crippen molar-refractivity contribution in [3.8, 4) is 0 Å². The Morgan fingerprint density at radius 1 is 1.19 bits per heavy atom. The second-order valence-corrected chi connectivity index (χ2v) is 7.86. The van der Waals surface area contributed by atoms with E-state index in [1.54, 1.807) is 12.1 Å². The van der Waals surface area contributed by atoms with Crippen LogP contribution in [0, 0.1) is 12.8 Å². The van der Waals surface area contributed by atoms with Crippen LogP contribution >= 0.6 is 0 Å². The summed E-state index contributed by atoms with van der Waals surface area (Å²) in [4.78, 5) is 16.9. The molecule has 0 bridgehead atoms. The quantitative estimate of drug-likeness (QED) is 0.721. The highest BCUT2D eigenvalue weighted by molar-refractivity contribution is 5.87. The van der Waals surface area contributed by atoms with Crippen LogP contribution in [0.1, 0.15) is 39.4 Å². The number of aromatic carboxylic acids is 1. The molecular formula is C23H26N2O2. The lowest BCUT2D eigenvalue weighted by Crippen LogP contribution is -2.37. The number of piperidine rings is 1. The molecule has 0 saturated carbocycles. The number of aromatic amines is 1. The molecule has 2 aromatic carbocycles. The van der Waals surface area contributed by atoms with Crippen molar-refractivity contribution < 1.29 is 9.90 Å². The van der Waals surface area contributed by atoms with Crippen molar-refractivity contribution >= 4 is 16.9 Å². The lowest BCUT2D eigenvalue weighted by atomic mass is 9.77. The molecule has 0 unspecified atom stereocenters. The van der Waals surface area contributed by atoms with Crippen molar-refractivity contribution in [2.45, 2.75) is 25.7 Å². The summed E-state index contributed by atoms with van der Waals surface area (Å²) in [7, 11) is 2.17. The van der Waals surface area contributed by atoms with Crippen LogP contribution in [0.25, 0.3) is 10.9 Å². The molecule has 0 amide bonds. The molecule has 1 aliphatic rings. The first-order chi connectivity index (χ1) is 13.0. The molecule has 1 aromatic heterocycles. The van der Waals surface area contributed by atoms with Crippen molar-refractivity contribution in [3.05, 3.63) is 70.9 Å². The number of carboxylic acids is 1. The Morgan fingerprint density at radius 2 is 1.96 bits per heavy atom. The van der Waals surface area contributed by atoms with Gasteiger partial charge in [0.05, 0.1) is 5.56 Å². The minimum Gasteiger partial charge on any atom is -0.478 e. The number of carbonyl (C=O) groups is 1. The van der Waals surface area contributed by atoms with E-state index in [-0.39, 0.29) is 0 Å². The third-order valence-corrected chi connectivity index (χ3v) is 6.05. The highest BCUT2D eigenvalue weighted by atomic mass is 16.4. The summed E-state index contributed by atoms with van der Waals surface area (Å²) in [5.74, 6) is 0.105. The van der Waals surface area contributed by atoms with Crippen molar-refractivity contribution in [3.63, 3.8) is 0 Å². The first-order valence-electron chi connectivity index (χ1n) is 9.60. The van der Waals surface area contributed by atoms with Gasteiger partial charge >= 0.3 is 5.97 Å². The first-order valence-corrected chi connectivity index (χ1v) is 9.60. The van der Waals surface area contributed by atoms with Crippen LogP contribution < -0.4 is 0 Å². The van der Waals surface area contributed by atoms with Crippen LogP contribution in [-0.4, -0.2) is 41.1 Å². The monoisotopic (exact) mass is 362 g/mol. The van der Waals surface area contributed by atoms with Gasteiger partial charge in [0.25, 0.3) is 0 Å². The summed E-state index contributed by atoms with van der Waals surface area (Å²) in [6.07, 6.45) is 4.23. The van der Waals surface area contributed by atoms with E-state index in [0.717, 1.165) is 25.9 Å². The van der Waals surface area contributed by atoms with Gasteiger partial charge < -0.3 is 15.0 Å². The largest absolute Gasteiger partial charge is 0.478 e. The molecule has 2 heterocycles. The van der Waals surface area contributed by atoms with Gasteiger partial charge in [-0.3, -0.25) is 0 Å². The van der Waals surface area contributed by atoms with Crippen molar-refractivity contribution in [2.24, 2.45) is 5.92 Å². The molecule has 0 spiro atoms. The minimum absolute atomic E-state index is 0.354. The van der Waals surface area contributed by atoms with Crippen LogP contribution in [0.4, 0.5) is 0 Å². The van der Waals surface area contributed by atoms with Crippen molar-refractivity contribution in [2.75, 3.05) is 20.1 Å². The summed E-state index contributed by atoms with van der Waals surface area (Å²) in [6.45, 7) is 4.26. The molecule has 1 aliphatic heterocycles. The molecule has 1 saturated heterocycles. The van der Waals surface area contributed by atoms with E-state index < -0.39 is 5.97 Å². The van der Waals surface area contributed by atoms with Crippen molar-refractivity contribution in [1.82, 2.24) is 9.88 Å². The highest BCUT2D eigenvalue weighted by Gasteiger charge is 2.29. The van der Waals surface area contributed by atoms with Gasteiger partial charge in [-0.1, -0.05) is 24.3 Å². The standard InChI is InChI=1S/C23H26N2O2/c1-15-3-4-18(20-9-11-24-22(15)20)13-19-10-12-25(2)14-21(19)16-5-7-17(8-6-16)23(26)27/h3-9,11,19,21,24H,10,12-14H2,1-2H3,(H,26,27)/t19-,21-/m0/s1. The molecule has 27 heavy (non-hydrogen) atoms.